The third-order valence-electron chi connectivity index (χ3n) is 4.20. The van der Waals surface area contributed by atoms with Crippen LogP contribution in [-0.4, -0.2) is 12.7 Å². The molecule has 3 rings (SSSR count). The monoisotopic (exact) mass is 382 g/mol. The Balaban J connectivity index is 2.00. The Hall–Kier alpha value is -1.78. The molecule has 0 saturated carbocycles. The van der Waals surface area contributed by atoms with Crippen molar-refractivity contribution in [2.45, 2.75) is 26.2 Å². The van der Waals surface area contributed by atoms with Crippen molar-refractivity contribution in [2.75, 3.05) is 0 Å². The minimum Gasteiger partial charge on any atom is -0.538 e. The Morgan fingerprint density at radius 3 is 2.17 bits per heavy atom. The van der Waals surface area contributed by atoms with Gasteiger partial charge < -0.3 is 9.68 Å². The van der Waals surface area contributed by atoms with Gasteiger partial charge in [-0.25, -0.2) is 0 Å². The number of benzene rings is 3. The van der Waals surface area contributed by atoms with E-state index >= 15 is 0 Å². The molecule has 0 amide bonds. The molecular weight excluding hydrogens is 363 g/mol. The van der Waals surface area contributed by atoms with Crippen molar-refractivity contribution >= 4 is 34.4 Å². The minimum atomic E-state index is -0.331. The van der Waals surface area contributed by atoms with Crippen molar-refractivity contribution in [3.63, 3.8) is 0 Å². The van der Waals surface area contributed by atoms with Gasteiger partial charge in [-0.2, -0.15) is 0 Å². The first kappa shape index (κ1) is 17.1. The highest BCUT2D eigenvalue weighted by molar-refractivity contribution is 9.10. The van der Waals surface area contributed by atoms with E-state index in [0.29, 0.717) is 5.75 Å². The lowest BCUT2D eigenvalue weighted by Gasteiger charge is -2.19. The lowest BCUT2D eigenvalue weighted by molar-refractivity contribution is 0.452. The first-order valence-electron chi connectivity index (χ1n) is 7.96. The van der Waals surface area contributed by atoms with E-state index in [0.717, 1.165) is 15.2 Å². The summed E-state index contributed by atoms with van der Waals surface area (Å²) in [6.45, 7) is 6.67. The van der Waals surface area contributed by atoms with E-state index in [-0.39, 0.29) is 13.1 Å². The van der Waals surface area contributed by atoms with Crippen LogP contribution in [0.2, 0.25) is 0 Å². The van der Waals surface area contributed by atoms with E-state index in [1.165, 1.54) is 16.7 Å². The molecule has 0 atom stereocenters. The van der Waals surface area contributed by atoms with Crippen molar-refractivity contribution in [1.29, 1.82) is 0 Å². The van der Waals surface area contributed by atoms with Gasteiger partial charge in [0.15, 0.2) is 0 Å². The van der Waals surface area contributed by atoms with Crippen molar-refractivity contribution in [3.8, 4) is 16.9 Å². The minimum absolute atomic E-state index is 0.163. The van der Waals surface area contributed by atoms with Crippen LogP contribution in [0.5, 0.6) is 5.75 Å². The van der Waals surface area contributed by atoms with Crippen LogP contribution in [-0.2, 0) is 5.41 Å². The highest BCUT2D eigenvalue weighted by atomic mass is 79.9. The van der Waals surface area contributed by atoms with E-state index in [1.54, 1.807) is 0 Å². The van der Waals surface area contributed by atoms with Gasteiger partial charge in [0.05, 0.1) is 4.47 Å². The molecule has 0 aliphatic carbocycles. The zero-order valence-corrected chi connectivity index (χ0v) is 15.7. The van der Waals surface area contributed by atoms with Crippen LogP contribution in [0.15, 0.2) is 59.1 Å². The second-order valence-electron chi connectivity index (χ2n) is 6.95. The molecule has 122 valence electrons. The maximum atomic E-state index is 8.95. The quantitative estimate of drug-likeness (QED) is 0.630. The maximum absolute atomic E-state index is 8.95. The molecule has 1 N–H and O–H groups in total. The lowest BCUT2D eigenvalue weighted by atomic mass is 9.86. The summed E-state index contributed by atoms with van der Waals surface area (Å²) in [4.78, 5) is 0. The third-order valence-corrected chi connectivity index (χ3v) is 4.82. The second-order valence-corrected chi connectivity index (χ2v) is 7.80. The smallest absolute Gasteiger partial charge is 0.504 e. The first-order valence-corrected chi connectivity index (χ1v) is 8.76. The van der Waals surface area contributed by atoms with E-state index in [2.05, 4.69) is 79.2 Å². The number of hydrogen-bond acceptors (Lipinski definition) is 2. The van der Waals surface area contributed by atoms with Gasteiger partial charge >= 0.3 is 7.69 Å². The first-order chi connectivity index (χ1) is 11.4. The molecule has 0 aromatic heterocycles. The largest absolute Gasteiger partial charge is 0.538 e. The van der Waals surface area contributed by atoms with Gasteiger partial charge in [0.25, 0.3) is 0 Å². The Labute approximate surface area is 151 Å². The number of hydrogen-bond donors (Lipinski definition) is 1. The maximum Gasteiger partial charge on any atom is 0.504 e. The van der Waals surface area contributed by atoms with Gasteiger partial charge in [-0.05, 0) is 67.0 Å². The predicted molar refractivity (Wildman–Crippen MR) is 106 cm³/mol. The zero-order valence-electron chi connectivity index (χ0n) is 14.1. The predicted octanol–water partition coefficient (Wildman–Crippen LogP) is 5.20. The normalized spacial score (nSPS) is 11.5. The van der Waals surface area contributed by atoms with Crippen molar-refractivity contribution in [3.05, 3.63) is 64.6 Å². The van der Waals surface area contributed by atoms with Crippen LogP contribution in [0.25, 0.3) is 21.9 Å². The number of halogens is 1. The molecule has 4 heteroatoms. The Morgan fingerprint density at radius 2 is 1.54 bits per heavy atom. The second kappa shape index (κ2) is 6.62. The van der Waals surface area contributed by atoms with Gasteiger partial charge in [0.1, 0.15) is 5.75 Å². The van der Waals surface area contributed by atoms with Gasteiger partial charge in [-0.3, -0.25) is 0 Å². The average Bonchev–Trinajstić information content (AvgIpc) is 2.55. The van der Waals surface area contributed by atoms with Crippen LogP contribution in [0.3, 0.4) is 0 Å². The van der Waals surface area contributed by atoms with E-state index in [1.807, 2.05) is 12.1 Å². The molecule has 2 nitrogen and oxygen atoms in total. The summed E-state index contributed by atoms with van der Waals surface area (Å²) in [6, 6.07) is 19.1. The Bertz CT molecular complexity index is 867. The van der Waals surface area contributed by atoms with E-state index < -0.39 is 0 Å². The number of fused-ring (bicyclic) bond motifs is 1. The Kier molecular flexibility index (Phi) is 4.70. The van der Waals surface area contributed by atoms with Crippen LogP contribution in [0.1, 0.15) is 26.3 Å². The van der Waals surface area contributed by atoms with E-state index in [4.69, 9.17) is 9.68 Å². The fourth-order valence-corrected chi connectivity index (χ4v) is 3.25. The van der Waals surface area contributed by atoms with Crippen LogP contribution in [0.4, 0.5) is 0 Å². The van der Waals surface area contributed by atoms with E-state index in [9.17, 15) is 0 Å². The highest BCUT2D eigenvalue weighted by Gasteiger charge is 2.13. The molecule has 0 aliphatic rings. The molecule has 0 heterocycles. The molecule has 0 bridgehead atoms. The number of rotatable bonds is 3. The summed E-state index contributed by atoms with van der Waals surface area (Å²) < 4.78 is 6.05. The molecule has 0 unspecified atom stereocenters. The highest BCUT2D eigenvalue weighted by Crippen LogP contribution is 2.33. The molecule has 24 heavy (non-hydrogen) atoms. The average molecular weight is 383 g/mol. The van der Waals surface area contributed by atoms with Gasteiger partial charge in [-0.1, -0.05) is 57.2 Å². The molecule has 0 fully saturated rings. The molecule has 0 saturated heterocycles. The summed E-state index contributed by atoms with van der Waals surface area (Å²) in [5.41, 5.74) is 3.89. The van der Waals surface area contributed by atoms with Crippen molar-refractivity contribution < 1.29 is 9.68 Å². The summed E-state index contributed by atoms with van der Waals surface area (Å²) in [7, 11) is -0.331. The Morgan fingerprint density at radius 1 is 0.875 bits per heavy atom. The molecule has 0 radical (unpaired) electrons. The van der Waals surface area contributed by atoms with Crippen LogP contribution < -0.4 is 4.65 Å². The van der Waals surface area contributed by atoms with Gasteiger partial charge in [0, 0.05) is 0 Å². The third kappa shape index (κ3) is 3.50. The summed E-state index contributed by atoms with van der Waals surface area (Å²) >= 11 is 3.49. The van der Waals surface area contributed by atoms with Crippen LogP contribution in [0, 0.1) is 0 Å². The molecular formula is C20H20BBrO2. The fourth-order valence-electron chi connectivity index (χ4n) is 2.77. The van der Waals surface area contributed by atoms with Crippen LogP contribution >= 0.6 is 15.9 Å². The topological polar surface area (TPSA) is 29.5 Å². The zero-order chi connectivity index (χ0) is 17.3. The molecule has 3 aromatic rings. The summed E-state index contributed by atoms with van der Waals surface area (Å²) in [5.74, 6) is 0.646. The van der Waals surface area contributed by atoms with Crippen molar-refractivity contribution in [2.24, 2.45) is 0 Å². The molecule has 0 spiro atoms. The molecule has 0 aliphatic heterocycles. The van der Waals surface area contributed by atoms with Gasteiger partial charge in [-0.15, -0.1) is 0 Å². The van der Waals surface area contributed by atoms with Crippen molar-refractivity contribution in [1.82, 2.24) is 0 Å². The standard InChI is InChI=1S/C20H20BBrO2/c1-20(2,3)17-8-6-13(7-9-17)14-4-5-15-12-19(24-21-23)18(22)11-16(15)10-14/h4-12,21,23H,1-3H3. The summed E-state index contributed by atoms with van der Waals surface area (Å²) in [6.07, 6.45) is 0. The molecule has 3 aromatic carbocycles. The van der Waals surface area contributed by atoms with Gasteiger partial charge in [0.2, 0.25) is 0 Å². The lowest BCUT2D eigenvalue weighted by Crippen LogP contribution is -2.10. The summed E-state index contributed by atoms with van der Waals surface area (Å²) in [5, 5.41) is 11.2. The fraction of sp³-hybridized carbons (Fsp3) is 0.200. The SMILES string of the molecule is CC(C)(C)c1ccc(-c2ccc3cc(OBO)c(Br)cc3c2)cc1.